The fourth-order valence-electron chi connectivity index (χ4n) is 2.64. The Morgan fingerprint density at radius 1 is 1.45 bits per heavy atom. The van der Waals surface area contributed by atoms with Gasteiger partial charge in [0.05, 0.1) is 37.5 Å². The van der Waals surface area contributed by atoms with E-state index in [0.717, 1.165) is 11.5 Å². The van der Waals surface area contributed by atoms with Crippen LogP contribution in [0.5, 0.6) is 0 Å². The van der Waals surface area contributed by atoms with Crippen molar-refractivity contribution in [2.45, 2.75) is 6.04 Å². The van der Waals surface area contributed by atoms with Crippen molar-refractivity contribution in [3.05, 3.63) is 24.9 Å². The van der Waals surface area contributed by atoms with E-state index in [-0.39, 0.29) is 17.7 Å². The van der Waals surface area contributed by atoms with Crippen molar-refractivity contribution in [3.8, 4) is 11.5 Å². The van der Waals surface area contributed by atoms with Crippen LogP contribution >= 0.6 is 0 Å². The van der Waals surface area contributed by atoms with Crippen molar-refractivity contribution in [1.29, 1.82) is 0 Å². The molecule has 3 heterocycles. The predicted molar refractivity (Wildman–Crippen MR) is 80.6 cm³/mol. The summed E-state index contributed by atoms with van der Waals surface area (Å²) in [6.45, 7) is 0.906. The second kappa shape index (κ2) is 5.82. The highest BCUT2D eigenvalue weighted by Crippen LogP contribution is 2.31. The van der Waals surface area contributed by atoms with Crippen LogP contribution in [0.2, 0.25) is 0 Å². The molecule has 0 saturated carbocycles. The second-order valence-corrected chi connectivity index (χ2v) is 7.78. The van der Waals surface area contributed by atoms with Gasteiger partial charge in [-0.2, -0.15) is 0 Å². The lowest BCUT2D eigenvalue weighted by Gasteiger charge is -2.22. The number of aromatic amines is 1. The van der Waals surface area contributed by atoms with Gasteiger partial charge in [-0.1, -0.05) is 0 Å². The first kappa shape index (κ1) is 15.2. The molecule has 1 N–H and O–H groups in total. The van der Waals surface area contributed by atoms with Crippen molar-refractivity contribution in [1.82, 2.24) is 23.8 Å². The van der Waals surface area contributed by atoms with E-state index in [4.69, 9.17) is 4.74 Å². The van der Waals surface area contributed by atoms with Gasteiger partial charge in [0.1, 0.15) is 5.69 Å². The topological polar surface area (TPSA) is 93.1 Å². The van der Waals surface area contributed by atoms with Gasteiger partial charge in [-0.25, -0.2) is 22.7 Å². The molecule has 8 nitrogen and oxygen atoms in total. The highest BCUT2D eigenvalue weighted by Gasteiger charge is 2.35. The maximum Gasteiger partial charge on any atom is 0.214 e. The van der Waals surface area contributed by atoms with Gasteiger partial charge in [0.2, 0.25) is 10.0 Å². The van der Waals surface area contributed by atoms with Gasteiger partial charge < -0.3 is 14.3 Å². The normalized spacial score (nSPS) is 22.5. The molecule has 1 fully saturated rings. The third-order valence-electron chi connectivity index (χ3n) is 3.91. The summed E-state index contributed by atoms with van der Waals surface area (Å²) in [6.07, 6.45) is 6.84. The number of sulfonamides is 1. The molecule has 22 heavy (non-hydrogen) atoms. The van der Waals surface area contributed by atoms with Gasteiger partial charge in [0.15, 0.2) is 5.82 Å². The third-order valence-corrected chi connectivity index (χ3v) is 5.87. The number of imidazole rings is 2. The van der Waals surface area contributed by atoms with Gasteiger partial charge in [-0.3, -0.25) is 0 Å². The van der Waals surface area contributed by atoms with Gasteiger partial charge in [-0.15, -0.1) is 0 Å². The lowest BCUT2D eigenvalue weighted by Crippen LogP contribution is -2.32. The minimum Gasteiger partial charge on any atom is -0.379 e. The molecular weight excluding hydrogens is 306 g/mol. The Labute approximate surface area is 129 Å². The first-order valence-electron chi connectivity index (χ1n) is 6.98. The molecule has 2 atom stereocenters. The van der Waals surface area contributed by atoms with E-state index in [1.165, 1.54) is 4.31 Å². The number of hydrogen-bond acceptors (Lipinski definition) is 5. The van der Waals surface area contributed by atoms with Crippen molar-refractivity contribution in [2.75, 3.05) is 33.1 Å². The minimum atomic E-state index is -3.27. The van der Waals surface area contributed by atoms with Crippen LogP contribution < -0.4 is 0 Å². The zero-order valence-electron chi connectivity index (χ0n) is 12.5. The molecular formula is C13H19N5O3S. The Kier molecular flexibility index (Phi) is 4.02. The number of H-pyrrole nitrogens is 1. The molecule has 0 aliphatic carbocycles. The Bertz CT molecular complexity index is 723. The summed E-state index contributed by atoms with van der Waals surface area (Å²) in [5.41, 5.74) is 0.797. The molecule has 0 aromatic carbocycles. The molecule has 2 aromatic rings. The molecule has 2 aromatic heterocycles. The number of nitrogens with zero attached hydrogens (tertiary/aromatic N) is 4. The first-order chi connectivity index (χ1) is 10.5. The largest absolute Gasteiger partial charge is 0.379 e. The number of nitrogens with one attached hydrogen (secondary N) is 1. The van der Waals surface area contributed by atoms with E-state index in [9.17, 15) is 8.42 Å². The van der Waals surface area contributed by atoms with Crippen molar-refractivity contribution < 1.29 is 13.2 Å². The van der Waals surface area contributed by atoms with Crippen LogP contribution in [0, 0.1) is 5.92 Å². The van der Waals surface area contributed by atoms with E-state index in [1.54, 1.807) is 32.8 Å². The predicted octanol–water partition coefficient (Wildman–Crippen LogP) is 0.352. The standard InChI is InChI=1S/C13H19N5O3S/c1-17(2)22(19,20)8-10-6-21-7-12(10)18-4-3-15-13(18)11-5-14-9-16-11/h3-5,9-10,12H,6-8H2,1-2H3,(H,14,16)/t10-,12+/m0/s1. The Morgan fingerprint density at radius 3 is 2.95 bits per heavy atom. The zero-order chi connectivity index (χ0) is 15.7. The highest BCUT2D eigenvalue weighted by molar-refractivity contribution is 7.89. The van der Waals surface area contributed by atoms with E-state index in [1.807, 2.05) is 10.8 Å². The van der Waals surface area contributed by atoms with Crippen LogP contribution in [0.3, 0.4) is 0 Å². The van der Waals surface area contributed by atoms with E-state index in [2.05, 4.69) is 15.0 Å². The summed E-state index contributed by atoms with van der Waals surface area (Å²) in [7, 11) is -0.175. The summed E-state index contributed by atoms with van der Waals surface area (Å²) in [5.74, 6) is 0.689. The number of hydrogen-bond donors (Lipinski definition) is 1. The van der Waals surface area contributed by atoms with Crippen LogP contribution in [0.25, 0.3) is 11.5 Å². The van der Waals surface area contributed by atoms with E-state index < -0.39 is 10.0 Å². The van der Waals surface area contributed by atoms with Crippen LogP contribution in [-0.4, -0.2) is 65.3 Å². The van der Waals surface area contributed by atoms with E-state index >= 15 is 0 Å². The lowest BCUT2D eigenvalue weighted by atomic mass is 10.1. The van der Waals surface area contributed by atoms with E-state index in [0.29, 0.717) is 13.2 Å². The average molecular weight is 325 g/mol. The number of aromatic nitrogens is 4. The third kappa shape index (κ3) is 2.79. The van der Waals surface area contributed by atoms with Crippen LogP contribution in [0.1, 0.15) is 6.04 Å². The molecule has 1 aliphatic heterocycles. The summed E-state index contributed by atoms with van der Waals surface area (Å²) < 4.78 is 33.0. The number of rotatable bonds is 5. The molecule has 0 spiro atoms. The Hall–Kier alpha value is -1.71. The van der Waals surface area contributed by atoms with Crippen molar-refractivity contribution in [2.24, 2.45) is 5.92 Å². The highest BCUT2D eigenvalue weighted by atomic mass is 32.2. The molecule has 1 aliphatic rings. The molecule has 0 radical (unpaired) electrons. The van der Waals surface area contributed by atoms with Gasteiger partial charge in [0.25, 0.3) is 0 Å². The molecule has 1 saturated heterocycles. The van der Waals surface area contributed by atoms with Crippen LogP contribution in [-0.2, 0) is 14.8 Å². The summed E-state index contributed by atoms with van der Waals surface area (Å²) in [4.78, 5) is 11.4. The average Bonchev–Trinajstić information content (AvgIpc) is 3.18. The molecule has 9 heteroatoms. The quantitative estimate of drug-likeness (QED) is 0.856. The fraction of sp³-hybridized carbons (Fsp3) is 0.538. The fourth-order valence-corrected chi connectivity index (χ4v) is 3.80. The molecule has 0 amide bonds. The minimum absolute atomic E-state index is 0.0597. The number of ether oxygens (including phenoxy) is 1. The van der Waals surface area contributed by atoms with Gasteiger partial charge >= 0.3 is 0 Å². The first-order valence-corrected chi connectivity index (χ1v) is 8.59. The summed E-state index contributed by atoms with van der Waals surface area (Å²) >= 11 is 0. The van der Waals surface area contributed by atoms with Crippen LogP contribution in [0.4, 0.5) is 0 Å². The van der Waals surface area contributed by atoms with Crippen LogP contribution in [0.15, 0.2) is 24.9 Å². The van der Waals surface area contributed by atoms with Crippen molar-refractivity contribution in [3.63, 3.8) is 0 Å². The molecule has 3 rings (SSSR count). The maximum atomic E-state index is 12.1. The molecule has 0 unspecified atom stereocenters. The Morgan fingerprint density at radius 2 is 2.27 bits per heavy atom. The molecule has 120 valence electrons. The monoisotopic (exact) mass is 325 g/mol. The van der Waals surface area contributed by atoms with Crippen molar-refractivity contribution >= 4 is 10.0 Å². The maximum absolute atomic E-state index is 12.1. The summed E-state index contributed by atoms with van der Waals surface area (Å²) in [5, 5.41) is 0. The summed E-state index contributed by atoms with van der Waals surface area (Å²) in [6, 6.07) is -0.0597. The molecule has 0 bridgehead atoms. The van der Waals surface area contributed by atoms with Gasteiger partial charge in [0, 0.05) is 32.4 Å². The Balaban J connectivity index is 1.87. The smallest absolute Gasteiger partial charge is 0.214 e. The second-order valence-electron chi connectivity index (χ2n) is 5.55. The lowest BCUT2D eigenvalue weighted by molar-refractivity contribution is 0.182. The zero-order valence-corrected chi connectivity index (χ0v) is 13.3. The van der Waals surface area contributed by atoms with Gasteiger partial charge in [-0.05, 0) is 0 Å². The SMILES string of the molecule is CN(C)S(=O)(=O)C[C@@H]1COC[C@H]1n1ccnc1-c1cnc[nH]1.